The van der Waals surface area contributed by atoms with Gasteiger partial charge in [-0.25, -0.2) is 4.99 Å². The molecule has 124 valence electrons. The van der Waals surface area contributed by atoms with Crippen LogP contribution in [-0.4, -0.2) is 11.5 Å². The molecule has 1 aliphatic carbocycles. The first-order valence-electron chi connectivity index (χ1n) is 8.11. The van der Waals surface area contributed by atoms with Crippen LogP contribution in [0.3, 0.4) is 0 Å². The summed E-state index contributed by atoms with van der Waals surface area (Å²) in [5, 5.41) is 9.25. The van der Waals surface area contributed by atoms with E-state index in [0.717, 1.165) is 11.1 Å². The van der Waals surface area contributed by atoms with E-state index in [2.05, 4.69) is 11.1 Å². The molecule has 0 heterocycles. The summed E-state index contributed by atoms with van der Waals surface area (Å²) in [6.45, 7) is 12.2. The molecule has 0 aliphatic heterocycles. The van der Waals surface area contributed by atoms with E-state index in [1.165, 1.54) is 0 Å². The molecule has 0 radical (unpaired) electrons. The minimum Gasteiger partial charge on any atom is -0.289 e. The molecule has 0 saturated heterocycles. The normalized spacial score (nSPS) is 15.5. The lowest BCUT2D eigenvalue weighted by Crippen LogP contribution is -2.29. The fraction of sp³-hybridized carbons (Fsp3) is 0.381. The number of hydrogen-bond donors (Lipinski definition) is 0. The van der Waals surface area contributed by atoms with Gasteiger partial charge in [-0.2, -0.15) is 5.26 Å². The van der Waals surface area contributed by atoms with E-state index in [-0.39, 0.29) is 16.6 Å². The van der Waals surface area contributed by atoms with Gasteiger partial charge in [0.25, 0.3) is 0 Å². The first-order chi connectivity index (χ1) is 11.0. The minimum absolute atomic E-state index is 0.0857. The third-order valence-electron chi connectivity index (χ3n) is 3.96. The highest BCUT2D eigenvalue weighted by atomic mass is 16.1. The van der Waals surface area contributed by atoms with Gasteiger partial charge >= 0.3 is 0 Å². The first-order valence-corrected chi connectivity index (χ1v) is 8.11. The Balaban J connectivity index is 2.65. The van der Waals surface area contributed by atoms with Gasteiger partial charge in [0.05, 0.1) is 17.0 Å². The van der Waals surface area contributed by atoms with Gasteiger partial charge < -0.3 is 0 Å². The Morgan fingerprint density at radius 3 is 1.88 bits per heavy atom. The SMILES string of the molecule is CC(C)(C)C1=CC(=Nc2ccccc2C#N)C=C(C(C)(C)C)C1=O. The maximum absolute atomic E-state index is 12.9. The molecule has 0 N–H and O–H groups in total. The van der Waals surface area contributed by atoms with Crippen molar-refractivity contribution in [3.05, 3.63) is 53.1 Å². The molecule has 2 rings (SSSR count). The molecule has 0 aromatic heterocycles. The van der Waals surface area contributed by atoms with Crippen molar-refractivity contribution in [2.45, 2.75) is 41.5 Å². The molecule has 24 heavy (non-hydrogen) atoms. The summed E-state index contributed by atoms with van der Waals surface area (Å²) >= 11 is 0. The number of hydrogen-bond acceptors (Lipinski definition) is 3. The number of para-hydroxylation sites is 1. The topological polar surface area (TPSA) is 53.2 Å². The van der Waals surface area contributed by atoms with Crippen LogP contribution in [0.2, 0.25) is 0 Å². The number of rotatable bonds is 1. The van der Waals surface area contributed by atoms with E-state index in [1.807, 2.05) is 71.9 Å². The summed E-state index contributed by atoms with van der Waals surface area (Å²) in [6, 6.07) is 9.40. The average molecular weight is 320 g/mol. The number of carbonyl (C=O) groups is 1. The zero-order chi connectivity index (χ0) is 18.1. The van der Waals surface area contributed by atoms with Crippen molar-refractivity contribution in [2.24, 2.45) is 15.8 Å². The van der Waals surface area contributed by atoms with Gasteiger partial charge in [0.2, 0.25) is 0 Å². The average Bonchev–Trinajstić information content (AvgIpc) is 2.47. The highest BCUT2D eigenvalue weighted by Crippen LogP contribution is 2.37. The Morgan fingerprint density at radius 1 is 0.917 bits per heavy atom. The number of carbonyl (C=O) groups excluding carboxylic acids is 1. The molecule has 0 atom stereocenters. The van der Waals surface area contributed by atoms with Crippen LogP contribution in [0.1, 0.15) is 47.1 Å². The van der Waals surface area contributed by atoms with Gasteiger partial charge in [-0.05, 0) is 35.1 Å². The summed E-state index contributed by atoms with van der Waals surface area (Å²) in [4.78, 5) is 17.5. The van der Waals surface area contributed by atoms with E-state index >= 15 is 0 Å². The zero-order valence-corrected chi connectivity index (χ0v) is 15.3. The Labute approximate surface area is 144 Å². The molecule has 3 heteroatoms. The lowest BCUT2D eigenvalue weighted by atomic mass is 9.72. The highest BCUT2D eigenvalue weighted by Gasteiger charge is 2.34. The molecule has 0 amide bonds. The molecule has 0 bridgehead atoms. The molecule has 0 spiro atoms. The predicted octanol–water partition coefficient (Wildman–Crippen LogP) is 5.16. The highest BCUT2D eigenvalue weighted by molar-refractivity contribution is 6.23. The Kier molecular flexibility index (Phi) is 4.62. The van der Waals surface area contributed by atoms with Gasteiger partial charge in [-0.3, -0.25) is 4.79 Å². The predicted molar refractivity (Wildman–Crippen MR) is 98.3 cm³/mol. The second kappa shape index (κ2) is 6.20. The number of aliphatic imine (C=N–C) groups is 1. The summed E-state index contributed by atoms with van der Waals surface area (Å²) in [5.41, 5.74) is 2.84. The summed E-state index contributed by atoms with van der Waals surface area (Å²) in [6.07, 6.45) is 3.71. The van der Waals surface area contributed by atoms with E-state index in [4.69, 9.17) is 0 Å². The fourth-order valence-electron chi connectivity index (χ4n) is 2.60. The standard InChI is InChI=1S/C21H24N2O/c1-20(2,3)16-11-15(12-17(19(16)24)21(4,5)6)23-18-10-8-7-9-14(18)13-22/h7-12H,1-6H3. The summed E-state index contributed by atoms with van der Waals surface area (Å²) in [5.74, 6) is 0.0857. The third-order valence-corrected chi connectivity index (χ3v) is 3.96. The van der Waals surface area contributed by atoms with Crippen LogP contribution in [0.15, 0.2) is 52.6 Å². The van der Waals surface area contributed by atoms with Crippen molar-refractivity contribution >= 4 is 17.2 Å². The Bertz CT molecular complexity index is 767. The van der Waals surface area contributed by atoms with Gasteiger partial charge in [-0.1, -0.05) is 53.7 Å². The van der Waals surface area contributed by atoms with E-state index in [1.54, 1.807) is 6.07 Å². The monoisotopic (exact) mass is 320 g/mol. The van der Waals surface area contributed by atoms with Crippen LogP contribution >= 0.6 is 0 Å². The maximum Gasteiger partial charge on any atom is 0.186 e. The Hall–Kier alpha value is -2.47. The zero-order valence-electron chi connectivity index (χ0n) is 15.3. The third kappa shape index (κ3) is 3.71. The van der Waals surface area contributed by atoms with Crippen molar-refractivity contribution in [3.8, 4) is 6.07 Å². The number of allylic oxidation sites excluding steroid dienone is 4. The van der Waals surface area contributed by atoms with E-state index < -0.39 is 0 Å². The summed E-state index contributed by atoms with van der Waals surface area (Å²) < 4.78 is 0. The number of nitriles is 1. The van der Waals surface area contributed by atoms with Crippen molar-refractivity contribution in [1.82, 2.24) is 0 Å². The first kappa shape index (κ1) is 17.9. The molecule has 0 unspecified atom stereocenters. The maximum atomic E-state index is 12.9. The van der Waals surface area contributed by atoms with Gasteiger partial charge in [-0.15, -0.1) is 0 Å². The van der Waals surface area contributed by atoms with E-state index in [0.29, 0.717) is 17.0 Å². The van der Waals surface area contributed by atoms with Crippen LogP contribution in [0.25, 0.3) is 0 Å². The molecule has 1 aromatic carbocycles. The van der Waals surface area contributed by atoms with Crippen molar-refractivity contribution < 1.29 is 4.79 Å². The van der Waals surface area contributed by atoms with Crippen LogP contribution < -0.4 is 0 Å². The summed E-state index contributed by atoms with van der Waals surface area (Å²) in [7, 11) is 0. The van der Waals surface area contributed by atoms with Crippen molar-refractivity contribution in [1.29, 1.82) is 5.26 Å². The second-order valence-corrected chi connectivity index (χ2v) is 8.11. The number of nitrogens with zero attached hydrogens (tertiary/aromatic N) is 2. The van der Waals surface area contributed by atoms with Gasteiger partial charge in [0.15, 0.2) is 5.78 Å². The van der Waals surface area contributed by atoms with Crippen LogP contribution in [0.4, 0.5) is 5.69 Å². The largest absolute Gasteiger partial charge is 0.289 e. The molecule has 1 aromatic rings. The van der Waals surface area contributed by atoms with Crippen LogP contribution in [0, 0.1) is 22.2 Å². The van der Waals surface area contributed by atoms with E-state index in [9.17, 15) is 10.1 Å². The second-order valence-electron chi connectivity index (χ2n) is 8.11. The lowest BCUT2D eigenvalue weighted by Gasteiger charge is -2.31. The lowest BCUT2D eigenvalue weighted by molar-refractivity contribution is -0.114. The van der Waals surface area contributed by atoms with Crippen LogP contribution in [0.5, 0.6) is 0 Å². The Morgan fingerprint density at radius 2 is 1.42 bits per heavy atom. The van der Waals surface area contributed by atoms with Gasteiger partial charge in [0.1, 0.15) is 6.07 Å². The smallest absolute Gasteiger partial charge is 0.186 e. The molecular weight excluding hydrogens is 296 g/mol. The quantitative estimate of drug-likeness (QED) is 0.671. The number of ketones is 1. The molecule has 0 saturated carbocycles. The molecule has 3 nitrogen and oxygen atoms in total. The number of benzene rings is 1. The van der Waals surface area contributed by atoms with Crippen LogP contribution in [-0.2, 0) is 4.79 Å². The molecular formula is C21H24N2O. The number of Topliss-reactive ketones (excluding diaryl/α,β-unsaturated/α-hetero) is 1. The molecule has 0 fully saturated rings. The minimum atomic E-state index is -0.267. The van der Waals surface area contributed by atoms with Gasteiger partial charge in [0, 0.05) is 11.1 Å². The van der Waals surface area contributed by atoms with Crippen molar-refractivity contribution in [3.63, 3.8) is 0 Å². The van der Waals surface area contributed by atoms with Crippen molar-refractivity contribution in [2.75, 3.05) is 0 Å². The fourth-order valence-corrected chi connectivity index (χ4v) is 2.60. The molecule has 1 aliphatic rings.